The number of amidine groups is 1. The van der Waals surface area contributed by atoms with Crippen molar-refractivity contribution in [1.82, 2.24) is 0 Å². The van der Waals surface area contributed by atoms with Gasteiger partial charge in [-0.05, 0) is 119 Å². The molecule has 0 fully saturated rings. The zero-order valence-electron chi connectivity index (χ0n) is 30.3. The summed E-state index contributed by atoms with van der Waals surface area (Å²) in [7, 11) is 1.69. The van der Waals surface area contributed by atoms with Crippen molar-refractivity contribution in [3.63, 3.8) is 0 Å². The topological polar surface area (TPSA) is 79.8 Å². The lowest BCUT2D eigenvalue weighted by atomic mass is 9.90. The third-order valence-corrected chi connectivity index (χ3v) is 6.32. The maximum atomic E-state index is 12.0. The lowest BCUT2D eigenvalue weighted by Gasteiger charge is -2.19. The summed E-state index contributed by atoms with van der Waals surface area (Å²) in [6.45, 7) is 29.1. The van der Waals surface area contributed by atoms with Crippen molar-refractivity contribution in [2.75, 3.05) is 17.7 Å². The molecule has 1 amide bonds. The number of ether oxygens (including phenoxy) is 1. The SMILES string of the molecule is C=CC(=O)Nc1cc(C(CCC)CCC)ccc1NC(C)=N/C=C(/CC)C(=C)C.CC.CC(C)=O.COc1cc(C)cc(C)c1. The van der Waals surface area contributed by atoms with Gasteiger partial charge < -0.3 is 20.2 Å². The fourth-order valence-corrected chi connectivity index (χ4v) is 4.34. The predicted molar refractivity (Wildman–Crippen MR) is 198 cm³/mol. The van der Waals surface area contributed by atoms with Crippen molar-refractivity contribution in [2.45, 2.75) is 114 Å². The number of benzene rings is 2. The molecule has 0 aliphatic heterocycles. The van der Waals surface area contributed by atoms with Crippen LogP contribution in [0, 0.1) is 13.8 Å². The Labute approximate surface area is 275 Å². The second-order valence-corrected chi connectivity index (χ2v) is 10.8. The van der Waals surface area contributed by atoms with E-state index < -0.39 is 0 Å². The third-order valence-electron chi connectivity index (χ3n) is 6.32. The lowest BCUT2D eigenvalue weighted by molar-refractivity contribution is -0.115. The van der Waals surface area contributed by atoms with Crippen LogP contribution in [0.5, 0.6) is 5.75 Å². The number of carbonyl (C=O) groups is 2. The standard InChI is InChI=1S/C25H37N3O.C9H12O.C3H6O.C2H6/c1-8-12-21(13-9-2)22-14-15-23(24(16-22)28-25(29)11-4)27-19(7)26-17-20(10-3)18(5)6;1-7-4-8(2)6-9(5-7)10-3;1-3(2)4;1-2/h11,14-17,21H,4-5,8-10,12-13H2,1-3,6-7H3,(H,26,27)(H,28,29);4-6H,1-3H3;1-2H3;1-2H3/b20-17-;;;. The number of aryl methyl sites for hydroxylation is 2. The van der Waals surface area contributed by atoms with Gasteiger partial charge in [-0.25, -0.2) is 4.99 Å². The molecular weight excluding hydrogens is 558 g/mol. The number of anilines is 2. The number of carbonyl (C=O) groups excluding carboxylic acids is 2. The van der Waals surface area contributed by atoms with Gasteiger partial charge in [0.05, 0.1) is 18.5 Å². The average molecular weight is 620 g/mol. The minimum atomic E-state index is -0.224. The molecule has 0 aromatic heterocycles. The molecule has 0 saturated carbocycles. The fraction of sp³-hybridized carbons (Fsp3) is 0.462. The van der Waals surface area contributed by atoms with Gasteiger partial charge >= 0.3 is 0 Å². The van der Waals surface area contributed by atoms with E-state index in [2.05, 4.69) is 81.6 Å². The van der Waals surface area contributed by atoms with E-state index in [-0.39, 0.29) is 11.7 Å². The summed E-state index contributed by atoms with van der Waals surface area (Å²) in [5.41, 5.74) is 7.45. The molecule has 0 spiro atoms. The first-order chi connectivity index (χ1) is 21.3. The van der Waals surface area contributed by atoms with Gasteiger partial charge in [0.25, 0.3) is 0 Å². The second-order valence-electron chi connectivity index (χ2n) is 10.8. The summed E-state index contributed by atoms with van der Waals surface area (Å²) in [5, 5.41) is 6.25. The molecule has 2 aromatic carbocycles. The summed E-state index contributed by atoms with van der Waals surface area (Å²) in [4.78, 5) is 25.9. The maximum absolute atomic E-state index is 12.0. The van der Waals surface area contributed by atoms with Crippen molar-refractivity contribution in [2.24, 2.45) is 4.99 Å². The molecule has 6 heteroatoms. The van der Waals surface area contributed by atoms with Crippen LogP contribution in [0.15, 0.2) is 78.0 Å². The van der Waals surface area contributed by atoms with Crippen LogP contribution in [-0.4, -0.2) is 24.6 Å². The number of hydrogen-bond acceptors (Lipinski definition) is 4. The van der Waals surface area contributed by atoms with Crippen LogP contribution in [-0.2, 0) is 9.59 Å². The Morgan fingerprint density at radius 1 is 0.889 bits per heavy atom. The Morgan fingerprint density at radius 2 is 1.42 bits per heavy atom. The third kappa shape index (κ3) is 19.9. The second kappa shape index (κ2) is 25.4. The summed E-state index contributed by atoms with van der Waals surface area (Å²) >= 11 is 0. The Hall–Kier alpha value is -3.93. The molecule has 0 atom stereocenters. The number of allylic oxidation sites excluding steroid dienone is 2. The van der Waals surface area contributed by atoms with Crippen molar-refractivity contribution in [3.8, 4) is 5.75 Å². The summed E-state index contributed by atoms with van der Waals surface area (Å²) < 4.78 is 5.08. The highest BCUT2D eigenvalue weighted by Crippen LogP contribution is 2.32. The molecule has 0 aliphatic rings. The van der Waals surface area contributed by atoms with Gasteiger partial charge in [0, 0.05) is 6.20 Å². The van der Waals surface area contributed by atoms with Crippen molar-refractivity contribution in [3.05, 3.63) is 89.7 Å². The van der Waals surface area contributed by atoms with Gasteiger partial charge in [-0.1, -0.05) is 78.3 Å². The van der Waals surface area contributed by atoms with Crippen LogP contribution in [0.1, 0.15) is 117 Å². The number of rotatable bonds is 12. The molecule has 6 nitrogen and oxygen atoms in total. The summed E-state index contributed by atoms with van der Waals surface area (Å²) in [6, 6.07) is 12.4. The van der Waals surface area contributed by atoms with Crippen molar-refractivity contribution >= 4 is 28.9 Å². The summed E-state index contributed by atoms with van der Waals surface area (Å²) in [5.74, 6) is 2.13. The van der Waals surface area contributed by atoms with Gasteiger partial charge in [-0.2, -0.15) is 0 Å². The number of amides is 1. The normalized spacial score (nSPS) is 10.6. The van der Waals surface area contributed by atoms with E-state index in [9.17, 15) is 9.59 Å². The molecule has 2 rings (SSSR count). The molecule has 2 N–H and O–H groups in total. The monoisotopic (exact) mass is 619 g/mol. The van der Waals surface area contributed by atoms with Gasteiger partial charge in [-0.15, -0.1) is 0 Å². The van der Waals surface area contributed by atoms with Crippen LogP contribution < -0.4 is 15.4 Å². The quantitative estimate of drug-likeness (QED) is 0.107. The number of methoxy groups -OCH3 is 1. The van der Waals surface area contributed by atoms with E-state index in [1.807, 2.05) is 52.1 Å². The van der Waals surface area contributed by atoms with E-state index in [0.29, 0.717) is 5.92 Å². The highest BCUT2D eigenvalue weighted by atomic mass is 16.5. The number of nitrogens with zero attached hydrogens (tertiary/aromatic N) is 1. The average Bonchev–Trinajstić information content (AvgIpc) is 2.98. The van der Waals surface area contributed by atoms with E-state index >= 15 is 0 Å². The molecule has 0 saturated heterocycles. The molecule has 0 aliphatic carbocycles. The molecule has 45 heavy (non-hydrogen) atoms. The maximum Gasteiger partial charge on any atom is 0.247 e. The van der Waals surface area contributed by atoms with Gasteiger partial charge in [-0.3, -0.25) is 4.79 Å². The Balaban J connectivity index is 0. The lowest BCUT2D eigenvalue weighted by Crippen LogP contribution is -2.14. The largest absolute Gasteiger partial charge is 0.497 e. The van der Waals surface area contributed by atoms with E-state index in [0.717, 1.165) is 66.2 Å². The van der Waals surface area contributed by atoms with Gasteiger partial charge in [0.15, 0.2) is 0 Å². The molecule has 2 aromatic rings. The Bertz CT molecular complexity index is 1230. The van der Waals surface area contributed by atoms with Crippen molar-refractivity contribution in [1.29, 1.82) is 0 Å². The minimum Gasteiger partial charge on any atom is -0.497 e. The van der Waals surface area contributed by atoms with Gasteiger partial charge in [0.1, 0.15) is 17.4 Å². The molecule has 0 radical (unpaired) electrons. The van der Waals surface area contributed by atoms with Crippen LogP contribution >= 0.6 is 0 Å². The smallest absolute Gasteiger partial charge is 0.247 e. The first kappa shape index (κ1) is 43.2. The molecule has 0 unspecified atom stereocenters. The Kier molecular flexibility index (Phi) is 24.4. The molecule has 0 bridgehead atoms. The fourth-order valence-electron chi connectivity index (χ4n) is 4.34. The van der Waals surface area contributed by atoms with E-state index in [1.54, 1.807) is 7.11 Å². The Morgan fingerprint density at radius 3 is 1.84 bits per heavy atom. The van der Waals surface area contributed by atoms with Crippen molar-refractivity contribution < 1.29 is 14.3 Å². The number of nitrogens with one attached hydrogen (secondary N) is 2. The zero-order chi connectivity index (χ0) is 34.9. The molecule has 250 valence electrons. The van der Waals surface area contributed by atoms with E-state index in [4.69, 9.17) is 4.74 Å². The highest BCUT2D eigenvalue weighted by Gasteiger charge is 2.14. The highest BCUT2D eigenvalue weighted by molar-refractivity contribution is 6.04. The van der Waals surface area contributed by atoms with E-state index in [1.165, 1.54) is 36.6 Å². The number of aliphatic imine (C=N–C) groups is 1. The number of Topliss-reactive ketones (excluding diaryl/α,β-unsaturated/α-hetero) is 1. The number of hydrogen-bond donors (Lipinski definition) is 2. The van der Waals surface area contributed by atoms with Gasteiger partial charge in [0.2, 0.25) is 5.91 Å². The summed E-state index contributed by atoms with van der Waals surface area (Å²) in [6.07, 6.45) is 8.58. The minimum absolute atomic E-state index is 0.167. The van der Waals surface area contributed by atoms with Crippen LogP contribution in [0.4, 0.5) is 11.4 Å². The molecule has 0 heterocycles. The van der Waals surface area contributed by atoms with Crippen LogP contribution in [0.2, 0.25) is 0 Å². The van der Waals surface area contributed by atoms with Crippen LogP contribution in [0.3, 0.4) is 0 Å². The first-order valence-corrected chi connectivity index (χ1v) is 16.1. The number of ketones is 1. The zero-order valence-corrected chi connectivity index (χ0v) is 30.3. The predicted octanol–water partition coefficient (Wildman–Crippen LogP) is 11.1. The first-order valence-electron chi connectivity index (χ1n) is 16.1. The molecular formula is C39H61N3O3. The van der Waals surface area contributed by atoms with Crippen LogP contribution in [0.25, 0.3) is 0 Å².